The molecule has 0 aliphatic rings. The number of pyridine rings is 1. The molecule has 0 fully saturated rings. The number of nitrogens with one attached hydrogen (secondary N) is 1. The summed E-state index contributed by atoms with van der Waals surface area (Å²) in [7, 11) is 0. The molecule has 2 aromatic heterocycles. The maximum Gasteiger partial charge on any atom is 0.0638 e. The Hall–Kier alpha value is -1.94. The molecule has 1 atom stereocenters. The third kappa shape index (κ3) is 5.32. The summed E-state index contributed by atoms with van der Waals surface area (Å²) >= 11 is 0. The lowest BCUT2D eigenvalue weighted by Gasteiger charge is -2.27. The summed E-state index contributed by atoms with van der Waals surface area (Å²) in [5, 5.41) is 8.20. The van der Waals surface area contributed by atoms with Gasteiger partial charge in [0.05, 0.1) is 12.2 Å². The third-order valence-corrected chi connectivity index (χ3v) is 3.81. The van der Waals surface area contributed by atoms with E-state index in [0.29, 0.717) is 0 Å². The molecule has 124 valence electrons. The first-order valence-corrected chi connectivity index (χ1v) is 8.16. The third-order valence-electron chi connectivity index (χ3n) is 3.81. The van der Waals surface area contributed by atoms with E-state index in [4.69, 9.17) is 0 Å². The van der Waals surface area contributed by atoms with Crippen molar-refractivity contribution in [3.63, 3.8) is 0 Å². The topological polar surface area (TPSA) is 42.7 Å². The van der Waals surface area contributed by atoms with Crippen LogP contribution in [0.4, 0.5) is 0 Å². The molecule has 0 aliphatic carbocycles. The number of allylic oxidation sites excluding steroid dienone is 1. The van der Waals surface area contributed by atoms with Crippen LogP contribution < -0.4 is 5.32 Å². The Labute approximate surface area is 139 Å². The number of aryl methyl sites for hydroxylation is 1. The molecule has 2 aromatic rings. The van der Waals surface area contributed by atoms with Gasteiger partial charge in [-0.05, 0) is 30.4 Å². The van der Waals surface area contributed by atoms with Crippen molar-refractivity contribution in [2.24, 2.45) is 5.41 Å². The zero-order chi connectivity index (χ0) is 16.9. The standard InChI is InChI=1S/C19H28N4/c1-6-10-23-14-17(15(2)22-23)13-21-18(11-19(3,4)5)16-8-7-9-20-12-16/h6-9,12,14,18,21H,1,10-11,13H2,2-5H3/t18-/m0/s1. The maximum absolute atomic E-state index is 4.52. The number of nitrogens with zero attached hydrogens (tertiary/aromatic N) is 3. The highest BCUT2D eigenvalue weighted by Crippen LogP contribution is 2.29. The lowest BCUT2D eigenvalue weighted by Crippen LogP contribution is -2.25. The number of hydrogen-bond acceptors (Lipinski definition) is 3. The van der Waals surface area contributed by atoms with Crippen LogP contribution in [0.3, 0.4) is 0 Å². The average molecular weight is 312 g/mol. The molecule has 0 radical (unpaired) electrons. The highest BCUT2D eigenvalue weighted by Gasteiger charge is 2.20. The van der Waals surface area contributed by atoms with E-state index in [9.17, 15) is 0 Å². The molecule has 0 bridgehead atoms. The van der Waals surface area contributed by atoms with Crippen molar-refractivity contribution in [1.29, 1.82) is 0 Å². The minimum absolute atomic E-state index is 0.246. The van der Waals surface area contributed by atoms with Gasteiger partial charge < -0.3 is 5.32 Å². The molecule has 1 N–H and O–H groups in total. The van der Waals surface area contributed by atoms with Gasteiger partial charge in [-0.15, -0.1) is 6.58 Å². The van der Waals surface area contributed by atoms with Crippen molar-refractivity contribution in [3.8, 4) is 0 Å². The fraction of sp³-hybridized carbons (Fsp3) is 0.474. The molecule has 0 spiro atoms. The fourth-order valence-corrected chi connectivity index (χ4v) is 2.69. The summed E-state index contributed by atoms with van der Waals surface area (Å²) < 4.78 is 1.93. The monoisotopic (exact) mass is 312 g/mol. The maximum atomic E-state index is 4.52. The van der Waals surface area contributed by atoms with Gasteiger partial charge in [-0.3, -0.25) is 9.67 Å². The van der Waals surface area contributed by atoms with Crippen LogP contribution in [0.15, 0.2) is 43.4 Å². The Balaban J connectivity index is 2.10. The van der Waals surface area contributed by atoms with Gasteiger partial charge in [0.25, 0.3) is 0 Å². The Morgan fingerprint density at radius 3 is 2.78 bits per heavy atom. The van der Waals surface area contributed by atoms with E-state index in [1.165, 1.54) is 11.1 Å². The Kier molecular flexibility index (Phi) is 5.72. The highest BCUT2D eigenvalue weighted by atomic mass is 15.3. The van der Waals surface area contributed by atoms with E-state index >= 15 is 0 Å². The van der Waals surface area contributed by atoms with Crippen LogP contribution >= 0.6 is 0 Å². The number of aromatic nitrogens is 3. The molecule has 0 saturated heterocycles. The molecule has 0 unspecified atom stereocenters. The van der Waals surface area contributed by atoms with Gasteiger partial charge in [0.2, 0.25) is 0 Å². The van der Waals surface area contributed by atoms with Gasteiger partial charge in [-0.1, -0.05) is 32.9 Å². The van der Waals surface area contributed by atoms with Crippen LogP contribution in [0.5, 0.6) is 0 Å². The molecular formula is C19H28N4. The zero-order valence-corrected chi connectivity index (χ0v) is 14.7. The number of rotatable bonds is 7. The second kappa shape index (κ2) is 7.55. The zero-order valence-electron chi connectivity index (χ0n) is 14.7. The smallest absolute Gasteiger partial charge is 0.0638 e. The molecule has 4 heteroatoms. The second-order valence-corrected chi connectivity index (χ2v) is 7.24. The lowest BCUT2D eigenvalue weighted by atomic mass is 9.86. The summed E-state index contributed by atoms with van der Waals surface area (Å²) in [4.78, 5) is 4.27. The summed E-state index contributed by atoms with van der Waals surface area (Å²) in [6.45, 7) is 14.2. The number of hydrogen-bond donors (Lipinski definition) is 1. The van der Waals surface area contributed by atoms with Crippen molar-refractivity contribution in [2.75, 3.05) is 0 Å². The normalized spacial score (nSPS) is 13.0. The minimum atomic E-state index is 0.246. The molecule has 2 heterocycles. The summed E-state index contributed by atoms with van der Waals surface area (Å²) in [6.07, 6.45) is 8.79. The van der Waals surface area contributed by atoms with E-state index in [0.717, 1.165) is 25.2 Å². The quantitative estimate of drug-likeness (QED) is 0.785. The van der Waals surface area contributed by atoms with E-state index in [1.54, 1.807) is 0 Å². The van der Waals surface area contributed by atoms with Crippen molar-refractivity contribution in [2.45, 2.75) is 53.2 Å². The molecule has 0 aliphatic heterocycles. The summed E-state index contributed by atoms with van der Waals surface area (Å²) in [5.74, 6) is 0. The molecule has 23 heavy (non-hydrogen) atoms. The van der Waals surface area contributed by atoms with Crippen LogP contribution in [0.1, 0.15) is 50.1 Å². The SMILES string of the molecule is C=CCn1cc(CN[C@@H](CC(C)(C)C)c2cccnc2)c(C)n1. The van der Waals surface area contributed by atoms with Gasteiger partial charge in [0, 0.05) is 36.7 Å². The van der Waals surface area contributed by atoms with Gasteiger partial charge >= 0.3 is 0 Å². The van der Waals surface area contributed by atoms with Gasteiger partial charge in [0.15, 0.2) is 0 Å². The first-order valence-electron chi connectivity index (χ1n) is 8.16. The second-order valence-electron chi connectivity index (χ2n) is 7.24. The summed E-state index contributed by atoms with van der Waals surface area (Å²) in [5.41, 5.74) is 3.78. The first-order chi connectivity index (χ1) is 10.9. The van der Waals surface area contributed by atoms with Crippen LogP contribution in [-0.4, -0.2) is 14.8 Å². The van der Waals surface area contributed by atoms with E-state index in [1.807, 2.05) is 29.2 Å². The molecule has 2 rings (SSSR count). The first kappa shape index (κ1) is 17.4. The van der Waals surface area contributed by atoms with Gasteiger partial charge in [0.1, 0.15) is 0 Å². The van der Waals surface area contributed by atoms with Crippen LogP contribution in [0, 0.1) is 12.3 Å². The van der Waals surface area contributed by atoms with Gasteiger partial charge in [-0.25, -0.2) is 0 Å². The molecule has 0 aromatic carbocycles. The van der Waals surface area contributed by atoms with Crippen molar-refractivity contribution in [1.82, 2.24) is 20.1 Å². The molecular weight excluding hydrogens is 284 g/mol. The Morgan fingerprint density at radius 2 is 2.17 bits per heavy atom. The lowest BCUT2D eigenvalue weighted by molar-refractivity contribution is 0.310. The predicted molar refractivity (Wildman–Crippen MR) is 95.1 cm³/mol. The van der Waals surface area contributed by atoms with Crippen molar-refractivity contribution >= 4 is 0 Å². The Bertz CT molecular complexity index is 623. The van der Waals surface area contributed by atoms with Crippen molar-refractivity contribution in [3.05, 3.63) is 60.2 Å². The average Bonchev–Trinajstić information content (AvgIpc) is 2.83. The molecule has 0 amide bonds. The van der Waals surface area contributed by atoms with Crippen LogP contribution in [0.2, 0.25) is 0 Å². The van der Waals surface area contributed by atoms with E-state index in [-0.39, 0.29) is 11.5 Å². The van der Waals surface area contributed by atoms with Crippen molar-refractivity contribution < 1.29 is 0 Å². The highest BCUT2D eigenvalue weighted by molar-refractivity contribution is 5.18. The Morgan fingerprint density at radius 1 is 1.39 bits per heavy atom. The van der Waals surface area contributed by atoms with Crippen LogP contribution in [-0.2, 0) is 13.1 Å². The van der Waals surface area contributed by atoms with E-state index < -0.39 is 0 Å². The largest absolute Gasteiger partial charge is 0.306 e. The predicted octanol–water partition coefficient (Wildman–Crippen LogP) is 4.04. The van der Waals surface area contributed by atoms with Gasteiger partial charge in [-0.2, -0.15) is 5.10 Å². The molecule has 0 saturated carbocycles. The summed E-state index contributed by atoms with van der Waals surface area (Å²) in [6, 6.07) is 4.43. The minimum Gasteiger partial charge on any atom is -0.306 e. The van der Waals surface area contributed by atoms with Crippen LogP contribution in [0.25, 0.3) is 0 Å². The fourth-order valence-electron chi connectivity index (χ4n) is 2.69. The molecule has 4 nitrogen and oxygen atoms in total. The van der Waals surface area contributed by atoms with E-state index in [2.05, 4.69) is 61.9 Å².